The number of aryl methyl sites for hydroxylation is 1. The van der Waals surface area contributed by atoms with Gasteiger partial charge in [-0.25, -0.2) is 37.8 Å². The summed E-state index contributed by atoms with van der Waals surface area (Å²) in [5.41, 5.74) is 5.59. The van der Waals surface area contributed by atoms with Crippen molar-refractivity contribution in [3.63, 3.8) is 0 Å². The zero-order valence-corrected chi connectivity index (χ0v) is 41.6. The van der Waals surface area contributed by atoms with E-state index in [0.29, 0.717) is 5.82 Å². The fourth-order valence-electron chi connectivity index (χ4n) is 8.00. The van der Waals surface area contributed by atoms with Crippen molar-refractivity contribution in [2.45, 2.75) is 100 Å². The highest BCUT2D eigenvalue weighted by molar-refractivity contribution is 7.66. The minimum Gasteiger partial charge on any atom is -0.388 e. The molecule has 0 radical (unpaired) electrons. The van der Waals surface area contributed by atoms with Gasteiger partial charge in [-0.1, -0.05) is 4.98 Å². The molecule has 7 heterocycles. The summed E-state index contributed by atoms with van der Waals surface area (Å²) in [5, 5.41) is 24.4. The van der Waals surface area contributed by atoms with Gasteiger partial charge in [-0.15, -0.1) is 0 Å². The molecular weight excluding hydrogens is 1030 g/mol. The fraction of sp³-hybridized carbons (Fsp3) is 0.697. The van der Waals surface area contributed by atoms with Crippen molar-refractivity contribution in [1.29, 1.82) is 0 Å². The Bertz CT molecular complexity index is 2770. The number of anilines is 2. The molecule has 10 N–H and O–H groups in total. The number of nitrogens with two attached hydrogens (primary N) is 1. The molecule has 0 amide bonds. The number of aromatic amines is 1. The lowest BCUT2D eigenvalue weighted by atomic mass is 10.1. The van der Waals surface area contributed by atoms with Crippen molar-refractivity contribution >= 4 is 65.4 Å². The second-order valence-electron chi connectivity index (χ2n) is 16.1. The molecular formula is C33H53N10O23P4+. The Morgan fingerprint density at radius 1 is 0.843 bits per heavy atom. The second-order valence-corrected chi connectivity index (χ2v) is 22.1. The molecule has 70 heavy (non-hydrogen) atoms. The number of nitrogen functional groups attached to an aromatic ring is 1. The summed E-state index contributed by atoms with van der Waals surface area (Å²) in [4.78, 5) is 74.1. The molecule has 0 aliphatic carbocycles. The van der Waals surface area contributed by atoms with Crippen molar-refractivity contribution in [1.82, 2.24) is 34.1 Å². The Hall–Kier alpha value is -3.30. The lowest BCUT2D eigenvalue weighted by Gasteiger charge is -2.27. The van der Waals surface area contributed by atoms with Crippen LogP contribution in [-0.4, -0.2) is 172 Å². The first-order chi connectivity index (χ1) is 32.8. The van der Waals surface area contributed by atoms with Crippen LogP contribution in [0.3, 0.4) is 0 Å². The van der Waals surface area contributed by atoms with E-state index in [0.717, 1.165) is 0 Å². The molecule has 3 fully saturated rings. The lowest BCUT2D eigenvalue weighted by molar-refractivity contribution is -0.746. The number of aliphatic hydroxyl groups excluding tert-OH is 2. The maximum absolute atomic E-state index is 13.6. The third-order valence-electron chi connectivity index (χ3n) is 11.0. The number of rotatable bonds is 22. The Morgan fingerprint density at radius 2 is 1.46 bits per heavy atom. The summed E-state index contributed by atoms with van der Waals surface area (Å²) in [6, 6.07) is 0. The van der Waals surface area contributed by atoms with Crippen LogP contribution >= 0.6 is 31.3 Å². The van der Waals surface area contributed by atoms with Crippen molar-refractivity contribution in [2.24, 2.45) is 7.05 Å². The van der Waals surface area contributed by atoms with E-state index in [1.807, 2.05) is 0 Å². The Balaban J connectivity index is 1.03. The molecule has 16 atom stereocenters. The molecule has 0 spiro atoms. The van der Waals surface area contributed by atoms with Gasteiger partial charge in [0.2, 0.25) is 11.7 Å². The van der Waals surface area contributed by atoms with Crippen LogP contribution in [0, 0.1) is 0 Å². The van der Waals surface area contributed by atoms with Crippen LogP contribution in [0.5, 0.6) is 0 Å². The molecule has 3 aliphatic heterocycles. The van der Waals surface area contributed by atoms with Crippen LogP contribution in [0.4, 0.5) is 11.8 Å². The number of methoxy groups -OCH3 is 2. The normalized spacial score (nSPS) is 31.8. The number of nitrogens with one attached hydrogen (secondary N) is 2. The quantitative estimate of drug-likeness (QED) is 0.0337. The SMILES string of the molecule is CNc1ncnc2c1ncn2[C@@H]1O[C@H](COP(=O)(O)OP(=O)(O)OP(=O)(O)OC[C@H]2O[C@@H]([n+]3cn(C)c4c(=O)[nH]c(N)nc43)C(OC)[C@H]2O)[C@H](OP(=O)(O)OC[C@H]2O[C@@H](C)C(O)[C@H]2OC(C)C)C1OC. The molecule has 37 heteroatoms. The summed E-state index contributed by atoms with van der Waals surface area (Å²) in [7, 11) is -17.5. The van der Waals surface area contributed by atoms with Crippen LogP contribution in [0.15, 0.2) is 23.8 Å². The summed E-state index contributed by atoms with van der Waals surface area (Å²) >= 11 is 0. The molecule has 0 aromatic carbocycles. The minimum absolute atomic E-state index is 0.0105. The van der Waals surface area contributed by atoms with E-state index < -0.39 is 130 Å². The standard InChI is InChI=1S/C33H52N10O23P4/c1-14(2)60-23-17(61-15(3)21(23)44)9-57-67(47,48)64-24-18(63-32(26(24)56-7)42-12-38-19-27(35-4)36-11-37-28(19)42)10-59-69(51,52)66-70(53,54)65-68(49,50)58-8-16-22(45)25(55-6)31(62-16)43-13-41(5)20-29(43)39-33(34)40-30(20)46/h11-18,21-26,31-32,44-45H,8-10H2,1-7H3,(H7-,34,35,36,37,39,40,46,47,48,49,50,51,52,53,54)/p+1/t15-,16+,17+,18+,21?,22-,23-,24-,25?,26?,31+,32+/m0/s1. The van der Waals surface area contributed by atoms with Crippen LogP contribution in [0.1, 0.15) is 33.2 Å². The maximum Gasteiger partial charge on any atom is 0.490 e. The molecule has 0 bridgehead atoms. The van der Waals surface area contributed by atoms with E-state index in [9.17, 15) is 52.8 Å². The molecule has 4 aromatic heterocycles. The van der Waals surface area contributed by atoms with Crippen LogP contribution in [0.25, 0.3) is 22.3 Å². The number of nitrogens with zero attached hydrogens (tertiary/aromatic N) is 7. The highest BCUT2D eigenvalue weighted by atomic mass is 31.3. The molecule has 33 nitrogen and oxygen atoms in total. The first-order valence-electron chi connectivity index (χ1n) is 20.8. The number of hydrogen-bond acceptors (Lipinski definition) is 25. The van der Waals surface area contributed by atoms with Gasteiger partial charge in [-0.2, -0.15) is 8.62 Å². The Kier molecular flexibility index (Phi) is 16.6. The van der Waals surface area contributed by atoms with Crippen molar-refractivity contribution in [3.8, 4) is 0 Å². The molecule has 7 unspecified atom stereocenters. The molecule has 3 saturated heterocycles. The number of aliphatic hydroxyl groups is 2. The van der Waals surface area contributed by atoms with E-state index in [1.54, 1.807) is 27.8 Å². The summed E-state index contributed by atoms with van der Waals surface area (Å²) in [6.45, 7) is 2.15. The summed E-state index contributed by atoms with van der Waals surface area (Å²) < 4.78 is 120. The number of H-pyrrole nitrogens is 1. The largest absolute Gasteiger partial charge is 0.490 e. The third-order valence-corrected chi connectivity index (χ3v) is 16.2. The monoisotopic (exact) mass is 1080 g/mol. The van der Waals surface area contributed by atoms with Crippen molar-refractivity contribution in [2.75, 3.05) is 52.1 Å². The fourth-order valence-corrected chi connectivity index (χ4v) is 12.5. The molecule has 0 saturated carbocycles. The Labute approximate surface area is 395 Å². The van der Waals surface area contributed by atoms with Gasteiger partial charge in [0.15, 0.2) is 24.0 Å². The lowest BCUT2D eigenvalue weighted by Crippen LogP contribution is -2.47. The number of ether oxygens (including phenoxy) is 6. The van der Waals surface area contributed by atoms with E-state index in [1.165, 1.54) is 54.0 Å². The third kappa shape index (κ3) is 11.9. The van der Waals surface area contributed by atoms with E-state index in [2.05, 4.69) is 38.9 Å². The topological polar surface area (TPSA) is 437 Å². The predicted molar refractivity (Wildman–Crippen MR) is 231 cm³/mol. The number of phosphoric ester groups is 3. The first kappa shape index (κ1) is 54.5. The van der Waals surface area contributed by atoms with Gasteiger partial charge in [0, 0.05) is 21.3 Å². The van der Waals surface area contributed by atoms with E-state index in [-0.39, 0.29) is 34.4 Å². The minimum atomic E-state index is -6.12. The van der Waals surface area contributed by atoms with E-state index >= 15 is 0 Å². The first-order valence-corrected chi connectivity index (χ1v) is 26.8. The van der Waals surface area contributed by atoms with Gasteiger partial charge < -0.3 is 69.3 Å². The number of hydrogen-bond donors (Lipinski definition) is 9. The smallest absolute Gasteiger partial charge is 0.388 e. The van der Waals surface area contributed by atoms with Gasteiger partial charge in [0.25, 0.3) is 11.5 Å². The summed E-state index contributed by atoms with van der Waals surface area (Å²) in [6.07, 6.45) is -12.2. The highest BCUT2D eigenvalue weighted by Crippen LogP contribution is 2.68. The highest BCUT2D eigenvalue weighted by Gasteiger charge is 2.54. The molecule has 392 valence electrons. The average Bonchev–Trinajstić information content (AvgIpc) is 4.06. The molecule has 3 aliphatic rings. The van der Waals surface area contributed by atoms with Gasteiger partial charge in [-0.3, -0.25) is 37.0 Å². The van der Waals surface area contributed by atoms with Crippen LogP contribution in [-0.2, 0) is 80.4 Å². The zero-order valence-electron chi connectivity index (χ0n) is 38.0. The van der Waals surface area contributed by atoms with Gasteiger partial charge >= 0.3 is 36.9 Å². The number of aromatic nitrogens is 8. The van der Waals surface area contributed by atoms with Crippen molar-refractivity contribution < 1.29 is 108 Å². The van der Waals surface area contributed by atoms with Gasteiger partial charge in [0.05, 0.1) is 45.4 Å². The van der Waals surface area contributed by atoms with Gasteiger partial charge in [-0.05, 0) is 20.8 Å². The Morgan fingerprint density at radius 3 is 2.07 bits per heavy atom. The molecule has 4 aromatic rings. The summed E-state index contributed by atoms with van der Waals surface area (Å²) in [5.74, 6) is 0.0535. The maximum atomic E-state index is 13.6. The van der Waals surface area contributed by atoms with Gasteiger partial charge in [0.1, 0.15) is 66.8 Å². The number of imidazole rings is 2. The van der Waals surface area contributed by atoms with Crippen LogP contribution in [0.2, 0.25) is 0 Å². The van der Waals surface area contributed by atoms with E-state index in [4.69, 9.17) is 52.2 Å². The number of phosphoric acid groups is 4. The zero-order chi connectivity index (χ0) is 51.2. The van der Waals surface area contributed by atoms with Crippen LogP contribution < -0.4 is 21.2 Å². The number of fused-ring (bicyclic) bond motifs is 2. The molecule has 7 rings (SSSR count). The predicted octanol–water partition coefficient (Wildman–Crippen LogP) is -0.990. The second kappa shape index (κ2) is 21.3. The van der Waals surface area contributed by atoms with Crippen molar-refractivity contribution in [3.05, 3.63) is 29.3 Å². The average molecular weight is 1080 g/mol.